The molecule has 118 valence electrons. The average Bonchev–Trinajstić information content (AvgIpc) is 2.76. The van der Waals surface area contributed by atoms with Crippen LogP contribution in [-0.4, -0.2) is 18.2 Å². The van der Waals surface area contributed by atoms with Crippen LogP contribution in [0.3, 0.4) is 0 Å². The van der Waals surface area contributed by atoms with E-state index in [1.165, 1.54) is 18.9 Å². The minimum absolute atomic E-state index is 0.147. The normalized spacial score (nSPS) is 19.2. The van der Waals surface area contributed by atoms with Crippen molar-refractivity contribution >= 4 is 0 Å². The number of halogens is 1. The maximum absolute atomic E-state index is 13.3. The van der Waals surface area contributed by atoms with E-state index in [9.17, 15) is 4.39 Å². The number of ether oxygens (including phenoxy) is 1. The molecule has 3 heteroatoms. The molecule has 2 atom stereocenters. The predicted octanol–water partition coefficient (Wildman–Crippen LogP) is 4.32. The van der Waals surface area contributed by atoms with Crippen LogP contribution >= 0.6 is 0 Å². The second kappa shape index (κ2) is 6.78. The molecule has 1 aliphatic rings. The summed E-state index contributed by atoms with van der Waals surface area (Å²) in [5, 5.41) is 3.60. The number of hydrogen-bond donors (Lipinski definition) is 1. The number of hydrogen-bond acceptors (Lipinski definition) is 2. The van der Waals surface area contributed by atoms with Crippen molar-refractivity contribution in [3.8, 4) is 5.75 Å². The fourth-order valence-corrected chi connectivity index (χ4v) is 2.95. The summed E-state index contributed by atoms with van der Waals surface area (Å²) in [6.45, 7) is 9.83. The summed E-state index contributed by atoms with van der Waals surface area (Å²) in [5.74, 6) is 1.30. The molecule has 0 amide bonds. The van der Waals surface area contributed by atoms with Crippen LogP contribution < -0.4 is 10.1 Å². The largest absolute Gasteiger partial charge is 0.490 e. The topological polar surface area (TPSA) is 21.3 Å². The second-order valence-corrected chi connectivity index (χ2v) is 7.22. The summed E-state index contributed by atoms with van der Waals surface area (Å²) >= 11 is 0. The first-order valence-electron chi connectivity index (χ1n) is 8.07. The van der Waals surface area contributed by atoms with E-state index >= 15 is 0 Å². The quantitative estimate of drug-likeness (QED) is 0.843. The van der Waals surface area contributed by atoms with E-state index in [2.05, 4.69) is 33.0 Å². The van der Waals surface area contributed by atoms with Crippen LogP contribution in [0.2, 0.25) is 0 Å². The van der Waals surface area contributed by atoms with Gasteiger partial charge in [0.05, 0.1) is 0 Å². The third-order valence-electron chi connectivity index (χ3n) is 3.98. The van der Waals surface area contributed by atoms with E-state index in [0.717, 1.165) is 30.7 Å². The lowest BCUT2D eigenvalue weighted by Crippen LogP contribution is -2.40. The third kappa shape index (κ3) is 4.99. The fraction of sp³-hybridized carbons (Fsp3) is 0.667. The van der Waals surface area contributed by atoms with Crippen LogP contribution in [0.1, 0.15) is 52.5 Å². The van der Waals surface area contributed by atoms with Gasteiger partial charge in [0.25, 0.3) is 0 Å². The molecule has 1 aromatic rings. The SMILES string of the molecule is CCCC(CNC(C)(C)C)CC1Cc2cc(F)ccc2O1. The van der Waals surface area contributed by atoms with E-state index in [-0.39, 0.29) is 17.5 Å². The summed E-state index contributed by atoms with van der Waals surface area (Å²) in [6.07, 6.45) is 4.45. The highest BCUT2D eigenvalue weighted by Crippen LogP contribution is 2.32. The molecule has 1 aromatic carbocycles. The van der Waals surface area contributed by atoms with Crippen molar-refractivity contribution in [2.45, 2.75) is 65.0 Å². The lowest BCUT2D eigenvalue weighted by atomic mass is 9.93. The molecule has 1 N–H and O–H groups in total. The maximum atomic E-state index is 13.3. The van der Waals surface area contributed by atoms with Crippen molar-refractivity contribution in [3.63, 3.8) is 0 Å². The van der Waals surface area contributed by atoms with E-state index in [0.29, 0.717) is 5.92 Å². The zero-order chi connectivity index (χ0) is 15.5. The van der Waals surface area contributed by atoms with Crippen molar-refractivity contribution in [2.75, 3.05) is 6.54 Å². The van der Waals surface area contributed by atoms with Gasteiger partial charge < -0.3 is 10.1 Å². The molecule has 2 nitrogen and oxygen atoms in total. The monoisotopic (exact) mass is 293 g/mol. The highest BCUT2D eigenvalue weighted by atomic mass is 19.1. The second-order valence-electron chi connectivity index (χ2n) is 7.22. The number of nitrogens with one attached hydrogen (secondary N) is 1. The minimum atomic E-state index is -0.169. The Kier molecular flexibility index (Phi) is 5.26. The fourth-order valence-electron chi connectivity index (χ4n) is 2.95. The van der Waals surface area contributed by atoms with Gasteiger partial charge in [-0.15, -0.1) is 0 Å². The third-order valence-corrected chi connectivity index (χ3v) is 3.98. The molecule has 0 saturated heterocycles. The molecule has 0 spiro atoms. The van der Waals surface area contributed by atoms with Crippen LogP contribution in [-0.2, 0) is 6.42 Å². The van der Waals surface area contributed by atoms with Gasteiger partial charge in [0.1, 0.15) is 17.7 Å². The van der Waals surface area contributed by atoms with Crippen LogP contribution in [0.25, 0.3) is 0 Å². The van der Waals surface area contributed by atoms with E-state index in [1.807, 2.05) is 0 Å². The Labute approximate surface area is 128 Å². The first kappa shape index (κ1) is 16.3. The molecule has 0 aromatic heterocycles. The predicted molar refractivity (Wildman–Crippen MR) is 85.3 cm³/mol. The molecule has 2 rings (SSSR count). The van der Waals surface area contributed by atoms with Gasteiger partial charge in [-0.25, -0.2) is 4.39 Å². The Morgan fingerprint density at radius 1 is 1.38 bits per heavy atom. The Morgan fingerprint density at radius 2 is 2.14 bits per heavy atom. The zero-order valence-corrected chi connectivity index (χ0v) is 13.7. The summed E-state index contributed by atoms with van der Waals surface area (Å²) in [5.41, 5.74) is 1.16. The van der Waals surface area contributed by atoms with Gasteiger partial charge >= 0.3 is 0 Å². The number of rotatable bonds is 6. The number of fused-ring (bicyclic) bond motifs is 1. The van der Waals surface area contributed by atoms with Crippen LogP contribution in [0.15, 0.2) is 18.2 Å². The van der Waals surface area contributed by atoms with Gasteiger partial charge in [0, 0.05) is 17.5 Å². The molecular formula is C18H28FNO. The van der Waals surface area contributed by atoms with Gasteiger partial charge in [-0.3, -0.25) is 0 Å². The van der Waals surface area contributed by atoms with Crippen LogP contribution in [0, 0.1) is 11.7 Å². The van der Waals surface area contributed by atoms with Crippen molar-refractivity contribution < 1.29 is 9.13 Å². The van der Waals surface area contributed by atoms with Gasteiger partial charge in [-0.1, -0.05) is 13.3 Å². The molecule has 0 fully saturated rings. The Morgan fingerprint density at radius 3 is 2.81 bits per heavy atom. The molecule has 21 heavy (non-hydrogen) atoms. The first-order chi connectivity index (χ1) is 9.87. The van der Waals surface area contributed by atoms with E-state index < -0.39 is 0 Å². The number of benzene rings is 1. The Hall–Kier alpha value is -1.09. The summed E-state index contributed by atoms with van der Waals surface area (Å²) in [6, 6.07) is 4.84. The van der Waals surface area contributed by atoms with E-state index in [4.69, 9.17) is 4.74 Å². The molecule has 0 radical (unpaired) electrons. The molecule has 2 unspecified atom stereocenters. The van der Waals surface area contributed by atoms with Gasteiger partial charge in [0.2, 0.25) is 0 Å². The van der Waals surface area contributed by atoms with Crippen molar-refractivity contribution in [2.24, 2.45) is 5.92 Å². The molecular weight excluding hydrogens is 265 g/mol. The Bertz CT molecular complexity index is 467. The molecule has 1 aliphatic heterocycles. The average molecular weight is 293 g/mol. The maximum Gasteiger partial charge on any atom is 0.123 e. The standard InChI is InChI=1S/C18H28FNO/c1-5-6-13(12-20-18(2,3)4)9-16-11-14-10-15(19)7-8-17(14)21-16/h7-8,10,13,16,20H,5-6,9,11-12H2,1-4H3. The first-order valence-corrected chi connectivity index (χ1v) is 8.07. The molecule has 0 bridgehead atoms. The summed E-state index contributed by atoms with van der Waals surface area (Å²) < 4.78 is 19.2. The Balaban J connectivity index is 1.90. The van der Waals surface area contributed by atoms with Gasteiger partial charge in [-0.05, 0) is 64.3 Å². The van der Waals surface area contributed by atoms with E-state index in [1.54, 1.807) is 12.1 Å². The summed E-state index contributed by atoms with van der Waals surface area (Å²) in [7, 11) is 0. The lowest BCUT2D eigenvalue weighted by molar-refractivity contribution is 0.183. The molecule has 0 saturated carbocycles. The highest BCUT2D eigenvalue weighted by molar-refractivity contribution is 5.37. The van der Waals surface area contributed by atoms with Crippen LogP contribution in [0.4, 0.5) is 4.39 Å². The van der Waals surface area contributed by atoms with Gasteiger partial charge in [-0.2, -0.15) is 0 Å². The zero-order valence-electron chi connectivity index (χ0n) is 13.7. The van der Waals surface area contributed by atoms with Crippen molar-refractivity contribution in [1.29, 1.82) is 0 Å². The molecule has 0 aliphatic carbocycles. The molecule has 1 heterocycles. The van der Waals surface area contributed by atoms with Crippen molar-refractivity contribution in [1.82, 2.24) is 5.32 Å². The lowest BCUT2D eigenvalue weighted by Gasteiger charge is -2.26. The van der Waals surface area contributed by atoms with Crippen LogP contribution in [0.5, 0.6) is 5.75 Å². The van der Waals surface area contributed by atoms with Gasteiger partial charge in [0.15, 0.2) is 0 Å². The summed E-state index contributed by atoms with van der Waals surface area (Å²) in [4.78, 5) is 0. The van der Waals surface area contributed by atoms with Crippen molar-refractivity contribution in [3.05, 3.63) is 29.6 Å². The minimum Gasteiger partial charge on any atom is -0.490 e. The smallest absolute Gasteiger partial charge is 0.123 e. The highest BCUT2D eigenvalue weighted by Gasteiger charge is 2.26.